The average Bonchev–Trinajstić information content (AvgIpc) is 2.80. The second kappa shape index (κ2) is 4.44. The third-order valence-electron chi connectivity index (χ3n) is 2.12. The molecule has 0 radical (unpaired) electrons. The molecule has 0 atom stereocenters. The van der Waals surface area contributed by atoms with E-state index in [1.807, 2.05) is 24.3 Å². The minimum Gasteiger partial charge on any atom is -0.464 e. The maximum atomic E-state index is 10.3. The summed E-state index contributed by atoms with van der Waals surface area (Å²) in [4.78, 5) is 9.78. The van der Waals surface area contributed by atoms with Crippen molar-refractivity contribution in [1.29, 1.82) is 0 Å². The van der Waals surface area contributed by atoms with E-state index in [4.69, 9.17) is 4.42 Å². The van der Waals surface area contributed by atoms with Crippen molar-refractivity contribution in [2.75, 3.05) is 0 Å². The lowest BCUT2D eigenvalue weighted by Gasteiger charge is -2.00. The molecule has 4 nitrogen and oxygen atoms in total. The zero-order chi connectivity index (χ0) is 11.4. The van der Waals surface area contributed by atoms with Gasteiger partial charge in [0.25, 0.3) is 0 Å². The molecule has 0 bridgehead atoms. The van der Waals surface area contributed by atoms with E-state index in [1.54, 1.807) is 18.4 Å². The molecule has 0 aliphatic carbocycles. The number of nitrogens with zero attached hydrogens (tertiary/aromatic N) is 1. The molecular formula is C12H9NO3. The highest BCUT2D eigenvalue weighted by atomic mass is 16.6. The van der Waals surface area contributed by atoms with Crippen LogP contribution in [0.3, 0.4) is 0 Å². The number of furan rings is 1. The summed E-state index contributed by atoms with van der Waals surface area (Å²) in [6.45, 7) is 0. The summed E-state index contributed by atoms with van der Waals surface area (Å²) in [6, 6.07) is 11.0. The Morgan fingerprint density at radius 2 is 2.00 bits per heavy atom. The lowest BCUT2D eigenvalue weighted by atomic mass is 10.1. The Balaban J connectivity index is 2.42. The fourth-order valence-electron chi connectivity index (χ4n) is 1.44. The summed E-state index contributed by atoms with van der Waals surface area (Å²) in [5.41, 5.74) is 1.60. The van der Waals surface area contributed by atoms with Crippen LogP contribution in [-0.4, -0.2) is 4.92 Å². The Labute approximate surface area is 92.0 Å². The quantitative estimate of drug-likeness (QED) is 0.583. The zero-order valence-electron chi connectivity index (χ0n) is 8.37. The first-order valence-corrected chi connectivity index (χ1v) is 4.72. The maximum absolute atomic E-state index is 10.3. The van der Waals surface area contributed by atoms with Crippen LogP contribution < -0.4 is 0 Å². The van der Waals surface area contributed by atoms with E-state index in [1.165, 1.54) is 6.08 Å². The van der Waals surface area contributed by atoms with Crippen LogP contribution in [0.4, 0.5) is 0 Å². The second-order valence-corrected chi connectivity index (χ2v) is 3.17. The summed E-state index contributed by atoms with van der Waals surface area (Å²) >= 11 is 0. The van der Waals surface area contributed by atoms with Crippen LogP contribution in [0.5, 0.6) is 0 Å². The van der Waals surface area contributed by atoms with Crippen molar-refractivity contribution in [3.05, 3.63) is 64.5 Å². The normalized spacial score (nSPS) is 10.8. The average molecular weight is 215 g/mol. The number of rotatable bonds is 3. The van der Waals surface area contributed by atoms with Crippen molar-refractivity contribution < 1.29 is 9.34 Å². The van der Waals surface area contributed by atoms with Crippen molar-refractivity contribution >= 4 is 6.08 Å². The Morgan fingerprint density at radius 3 is 2.69 bits per heavy atom. The molecule has 1 heterocycles. The fourth-order valence-corrected chi connectivity index (χ4v) is 1.44. The van der Waals surface area contributed by atoms with Gasteiger partial charge >= 0.3 is 0 Å². The van der Waals surface area contributed by atoms with Gasteiger partial charge in [0, 0.05) is 11.6 Å². The van der Waals surface area contributed by atoms with Crippen LogP contribution in [0.1, 0.15) is 5.56 Å². The number of hydrogen-bond donors (Lipinski definition) is 0. The standard InChI is InChI=1S/C12H9NO3/c14-13(15)8-7-10-4-1-2-5-11(10)12-6-3-9-16-12/h1-9H. The molecule has 0 saturated carbocycles. The van der Waals surface area contributed by atoms with Gasteiger partial charge in [-0.15, -0.1) is 0 Å². The molecule has 0 N–H and O–H groups in total. The second-order valence-electron chi connectivity index (χ2n) is 3.17. The number of benzene rings is 1. The first kappa shape index (κ1) is 10.2. The topological polar surface area (TPSA) is 56.3 Å². The zero-order valence-corrected chi connectivity index (χ0v) is 8.37. The predicted octanol–water partition coefficient (Wildman–Crippen LogP) is 3.19. The monoisotopic (exact) mass is 215 g/mol. The van der Waals surface area contributed by atoms with Crippen LogP contribution in [0.25, 0.3) is 17.4 Å². The van der Waals surface area contributed by atoms with E-state index < -0.39 is 4.92 Å². The predicted molar refractivity (Wildman–Crippen MR) is 60.2 cm³/mol. The molecule has 0 saturated heterocycles. The van der Waals surface area contributed by atoms with E-state index >= 15 is 0 Å². The van der Waals surface area contributed by atoms with Crippen LogP contribution in [0, 0.1) is 10.1 Å². The molecule has 0 spiro atoms. The Bertz CT molecular complexity index is 515. The summed E-state index contributed by atoms with van der Waals surface area (Å²) in [5, 5.41) is 10.3. The number of hydrogen-bond acceptors (Lipinski definition) is 3. The summed E-state index contributed by atoms with van der Waals surface area (Å²) in [7, 11) is 0. The Morgan fingerprint density at radius 1 is 1.19 bits per heavy atom. The van der Waals surface area contributed by atoms with Crippen LogP contribution in [0.15, 0.2) is 53.3 Å². The van der Waals surface area contributed by atoms with Gasteiger partial charge in [0.1, 0.15) is 5.76 Å². The molecule has 1 aromatic heterocycles. The lowest BCUT2D eigenvalue weighted by Crippen LogP contribution is -1.84. The molecular weight excluding hydrogens is 206 g/mol. The van der Waals surface area contributed by atoms with Crippen LogP contribution >= 0.6 is 0 Å². The van der Waals surface area contributed by atoms with Gasteiger partial charge in [-0.2, -0.15) is 0 Å². The van der Waals surface area contributed by atoms with E-state index in [0.29, 0.717) is 5.76 Å². The van der Waals surface area contributed by atoms with Crippen LogP contribution in [0.2, 0.25) is 0 Å². The minimum atomic E-state index is -0.487. The molecule has 0 amide bonds. The SMILES string of the molecule is O=[N+]([O-])C=Cc1ccccc1-c1ccco1. The smallest absolute Gasteiger partial charge is 0.235 e. The van der Waals surface area contributed by atoms with E-state index in [9.17, 15) is 10.1 Å². The van der Waals surface area contributed by atoms with E-state index in [-0.39, 0.29) is 0 Å². The van der Waals surface area contributed by atoms with Crippen molar-refractivity contribution in [2.45, 2.75) is 0 Å². The van der Waals surface area contributed by atoms with E-state index in [2.05, 4.69) is 0 Å². The van der Waals surface area contributed by atoms with Gasteiger partial charge in [-0.25, -0.2) is 0 Å². The summed E-state index contributed by atoms with van der Waals surface area (Å²) in [5.74, 6) is 0.698. The first-order chi connectivity index (χ1) is 7.77. The summed E-state index contributed by atoms with van der Waals surface area (Å²) in [6.07, 6.45) is 3.95. The van der Waals surface area contributed by atoms with Crippen LogP contribution in [-0.2, 0) is 0 Å². The molecule has 2 aromatic rings. The molecule has 16 heavy (non-hydrogen) atoms. The molecule has 80 valence electrons. The molecule has 0 fully saturated rings. The van der Waals surface area contributed by atoms with Gasteiger partial charge in [0.2, 0.25) is 6.20 Å². The van der Waals surface area contributed by atoms with E-state index in [0.717, 1.165) is 17.3 Å². The third kappa shape index (κ3) is 2.17. The fraction of sp³-hybridized carbons (Fsp3) is 0. The molecule has 0 aliphatic heterocycles. The number of nitro groups is 1. The van der Waals surface area contributed by atoms with Crippen molar-refractivity contribution in [3.8, 4) is 11.3 Å². The maximum Gasteiger partial charge on any atom is 0.235 e. The van der Waals surface area contributed by atoms with Gasteiger partial charge in [-0.1, -0.05) is 24.3 Å². The molecule has 2 rings (SSSR count). The van der Waals surface area contributed by atoms with Crippen molar-refractivity contribution in [1.82, 2.24) is 0 Å². The van der Waals surface area contributed by atoms with Gasteiger partial charge in [0.05, 0.1) is 11.2 Å². The highest BCUT2D eigenvalue weighted by Crippen LogP contribution is 2.24. The van der Waals surface area contributed by atoms with Crippen molar-refractivity contribution in [3.63, 3.8) is 0 Å². The van der Waals surface area contributed by atoms with Gasteiger partial charge in [-0.3, -0.25) is 10.1 Å². The molecule has 4 heteroatoms. The highest BCUT2D eigenvalue weighted by molar-refractivity contribution is 5.71. The third-order valence-corrected chi connectivity index (χ3v) is 2.12. The molecule has 0 unspecified atom stereocenters. The highest BCUT2D eigenvalue weighted by Gasteiger charge is 2.04. The largest absolute Gasteiger partial charge is 0.464 e. The van der Waals surface area contributed by atoms with Crippen molar-refractivity contribution in [2.24, 2.45) is 0 Å². The van der Waals surface area contributed by atoms with Gasteiger partial charge in [0.15, 0.2) is 0 Å². The molecule has 0 aliphatic rings. The summed E-state index contributed by atoms with van der Waals surface area (Å²) < 4.78 is 5.26. The molecule has 1 aromatic carbocycles. The Kier molecular flexibility index (Phi) is 2.82. The lowest BCUT2D eigenvalue weighted by molar-refractivity contribution is -0.400. The van der Waals surface area contributed by atoms with Gasteiger partial charge in [-0.05, 0) is 17.7 Å². The Hall–Kier alpha value is -2.36. The minimum absolute atomic E-state index is 0.487. The first-order valence-electron chi connectivity index (χ1n) is 4.72. The van der Waals surface area contributed by atoms with Gasteiger partial charge < -0.3 is 4.42 Å².